The van der Waals surface area contributed by atoms with Gasteiger partial charge in [-0.25, -0.2) is 9.97 Å². The molecule has 0 spiro atoms. The van der Waals surface area contributed by atoms with Gasteiger partial charge in [0.1, 0.15) is 10.8 Å². The van der Waals surface area contributed by atoms with Crippen LogP contribution in [0.3, 0.4) is 0 Å². The largest absolute Gasteiger partial charge is 0.370 e. The average Bonchev–Trinajstić information content (AvgIpc) is 2.38. The van der Waals surface area contributed by atoms with Crippen molar-refractivity contribution in [3.63, 3.8) is 0 Å². The van der Waals surface area contributed by atoms with Crippen LogP contribution >= 0.6 is 11.6 Å². The molecule has 1 aromatic heterocycles. The van der Waals surface area contributed by atoms with Crippen LogP contribution in [0.25, 0.3) is 0 Å². The van der Waals surface area contributed by atoms with Crippen molar-refractivity contribution in [1.29, 1.82) is 0 Å². The van der Waals surface area contributed by atoms with Gasteiger partial charge in [0.15, 0.2) is 5.82 Å². The molecule has 1 heterocycles. The van der Waals surface area contributed by atoms with Crippen LogP contribution in [0.5, 0.6) is 0 Å². The van der Waals surface area contributed by atoms with Crippen molar-refractivity contribution < 1.29 is 4.74 Å². The van der Waals surface area contributed by atoms with Crippen molar-refractivity contribution in [3.05, 3.63) is 22.7 Å². The van der Waals surface area contributed by atoms with Crippen LogP contribution < -0.4 is 0 Å². The molecule has 0 saturated heterocycles. The molecular weight excluding hydrogens is 260 g/mol. The highest BCUT2D eigenvalue weighted by molar-refractivity contribution is 6.29. The second-order valence-corrected chi connectivity index (χ2v) is 6.80. The second kappa shape index (κ2) is 5.37. The highest BCUT2D eigenvalue weighted by Crippen LogP contribution is 2.39. The summed E-state index contributed by atoms with van der Waals surface area (Å²) in [6.07, 6.45) is 5.54. The van der Waals surface area contributed by atoms with E-state index in [2.05, 4.69) is 25.8 Å². The molecule has 0 atom stereocenters. The standard InChI is InChI=1S/C15H23ClN2O/c1-14(2,3)11-10-12(16)18-13(17-11)15(19-4)8-6-5-7-9-15/h10H,5-9H2,1-4H3. The van der Waals surface area contributed by atoms with Crippen molar-refractivity contribution in [2.75, 3.05) is 7.11 Å². The number of methoxy groups -OCH3 is 1. The molecule has 3 nitrogen and oxygen atoms in total. The SMILES string of the molecule is COC1(c2nc(Cl)cc(C(C)(C)C)n2)CCCCC1. The third kappa shape index (κ3) is 3.09. The predicted molar refractivity (Wildman–Crippen MR) is 77.5 cm³/mol. The smallest absolute Gasteiger partial charge is 0.162 e. The van der Waals surface area contributed by atoms with Crippen molar-refractivity contribution in [1.82, 2.24) is 9.97 Å². The normalized spacial score (nSPS) is 19.4. The summed E-state index contributed by atoms with van der Waals surface area (Å²) in [4.78, 5) is 9.19. The van der Waals surface area contributed by atoms with Gasteiger partial charge in [0.25, 0.3) is 0 Å². The van der Waals surface area contributed by atoms with Crippen LogP contribution in [0, 0.1) is 0 Å². The van der Waals surface area contributed by atoms with Gasteiger partial charge in [0.05, 0.1) is 5.69 Å². The lowest BCUT2D eigenvalue weighted by molar-refractivity contribution is -0.0517. The lowest BCUT2D eigenvalue weighted by atomic mass is 9.83. The Balaban J connectivity index is 2.46. The van der Waals surface area contributed by atoms with E-state index < -0.39 is 0 Å². The number of hydrogen-bond acceptors (Lipinski definition) is 3. The Kier molecular flexibility index (Phi) is 4.17. The summed E-state index contributed by atoms with van der Waals surface area (Å²) >= 11 is 6.19. The van der Waals surface area contributed by atoms with E-state index in [1.165, 1.54) is 6.42 Å². The van der Waals surface area contributed by atoms with Gasteiger partial charge in [-0.15, -0.1) is 0 Å². The van der Waals surface area contributed by atoms with Crippen molar-refractivity contribution in [3.8, 4) is 0 Å². The summed E-state index contributed by atoms with van der Waals surface area (Å²) in [5, 5.41) is 0.511. The minimum atomic E-state index is -0.344. The summed E-state index contributed by atoms with van der Waals surface area (Å²) in [5.74, 6) is 0.757. The highest BCUT2D eigenvalue weighted by atomic mass is 35.5. The zero-order valence-electron chi connectivity index (χ0n) is 12.3. The Labute approximate surface area is 120 Å². The van der Waals surface area contributed by atoms with E-state index in [1.807, 2.05) is 6.07 Å². The first kappa shape index (κ1) is 14.7. The van der Waals surface area contributed by atoms with E-state index in [-0.39, 0.29) is 11.0 Å². The lowest BCUT2D eigenvalue weighted by Crippen LogP contribution is -2.34. The van der Waals surface area contributed by atoms with E-state index in [1.54, 1.807) is 7.11 Å². The summed E-state index contributed by atoms with van der Waals surface area (Å²) in [5.41, 5.74) is 0.596. The molecule has 0 bridgehead atoms. The van der Waals surface area contributed by atoms with E-state index in [0.717, 1.165) is 37.2 Å². The molecule has 106 valence electrons. The fourth-order valence-corrected chi connectivity index (χ4v) is 2.83. The first-order valence-corrected chi connectivity index (χ1v) is 7.36. The van der Waals surface area contributed by atoms with Gasteiger partial charge in [0, 0.05) is 12.5 Å². The molecule has 0 radical (unpaired) electrons. The van der Waals surface area contributed by atoms with Crippen molar-refractivity contribution in [2.45, 2.75) is 63.9 Å². The fourth-order valence-electron chi connectivity index (χ4n) is 2.65. The molecule has 0 amide bonds. The topological polar surface area (TPSA) is 35.0 Å². The van der Waals surface area contributed by atoms with Gasteiger partial charge in [-0.3, -0.25) is 0 Å². The maximum atomic E-state index is 6.19. The van der Waals surface area contributed by atoms with Gasteiger partial charge in [-0.1, -0.05) is 51.6 Å². The van der Waals surface area contributed by atoms with Gasteiger partial charge in [0.2, 0.25) is 0 Å². The van der Waals surface area contributed by atoms with Crippen LogP contribution in [0.4, 0.5) is 0 Å². The minimum absolute atomic E-state index is 0.0368. The van der Waals surface area contributed by atoms with E-state index in [0.29, 0.717) is 5.15 Å². The molecule has 1 aromatic rings. The minimum Gasteiger partial charge on any atom is -0.370 e. The molecule has 1 aliphatic carbocycles. The molecule has 0 aliphatic heterocycles. The van der Waals surface area contributed by atoms with E-state index in [9.17, 15) is 0 Å². The molecule has 19 heavy (non-hydrogen) atoms. The number of aromatic nitrogens is 2. The molecule has 0 aromatic carbocycles. The highest BCUT2D eigenvalue weighted by Gasteiger charge is 2.37. The van der Waals surface area contributed by atoms with Crippen molar-refractivity contribution >= 4 is 11.6 Å². The summed E-state index contributed by atoms with van der Waals surface area (Å²) < 4.78 is 5.80. The maximum Gasteiger partial charge on any atom is 0.162 e. The van der Waals surface area contributed by atoms with Crippen LogP contribution in [-0.2, 0) is 15.8 Å². The van der Waals surface area contributed by atoms with Gasteiger partial charge < -0.3 is 4.74 Å². The van der Waals surface area contributed by atoms with Crippen LogP contribution in [-0.4, -0.2) is 17.1 Å². The summed E-state index contributed by atoms with van der Waals surface area (Å²) in [6.45, 7) is 6.40. The Bertz CT molecular complexity index is 448. The monoisotopic (exact) mass is 282 g/mol. The number of halogens is 1. The Morgan fingerprint density at radius 3 is 2.32 bits per heavy atom. The molecule has 0 unspecified atom stereocenters. The van der Waals surface area contributed by atoms with E-state index >= 15 is 0 Å². The van der Waals surface area contributed by atoms with Gasteiger partial charge in [-0.05, 0) is 18.9 Å². The molecule has 2 rings (SSSR count). The maximum absolute atomic E-state index is 6.19. The number of hydrogen-bond donors (Lipinski definition) is 0. The Hall–Kier alpha value is -0.670. The van der Waals surface area contributed by atoms with Crippen LogP contribution in [0.15, 0.2) is 6.07 Å². The third-order valence-corrected chi connectivity index (χ3v) is 4.12. The molecule has 1 saturated carbocycles. The number of nitrogens with zero attached hydrogens (tertiary/aromatic N) is 2. The fraction of sp³-hybridized carbons (Fsp3) is 0.733. The van der Waals surface area contributed by atoms with Gasteiger partial charge >= 0.3 is 0 Å². The Morgan fingerprint density at radius 1 is 1.16 bits per heavy atom. The number of rotatable bonds is 2. The van der Waals surface area contributed by atoms with Crippen molar-refractivity contribution in [2.24, 2.45) is 0 Å². The van der Waals surface area contributed by atoms with Crippen LogP contribution in [0.1, 0.15) is 64.4 Å². The summed E-state index contributed by atoms with van der Waals surface area (Å²) in [7, 11) is 1.76. The molecule has 1 aliphatic rings. The Morgan fingerprint density at radius 2 is 1.79 bits per heavy atom. The molecule has 0 N–H and O–H groups in total. The predicted octanol–water partition coefficient (Wildman–Crippen LogP) is 4.23. The second-order valence-electron chi connectivity index (χ2n) is 6.41. The van der Waals surface area contributed by atoms with E-state index in [4.69, 9.17) is 21.3 Å². The zero-order chi connectivity index (χ0) is 14.1. The quantitative estimate of drug-likeness (QED) is 0.761. The first-order valence-electron chi connectivity index (χ1n) is 6.98. The number of ether oxygens (including phenoxy) is 1. The molecular formula is C15H23ClN2O. The summed E-state index contributed by atoms with van der Waals surface area (Å²) in [6, 6.07) is 1.86. The lowest BCUT2D eigenvalue weighted by Gasteiger charge is -2.35. The molecule has 4 heteroatoms. The first-order chi connectivity index (χ1) is 8.87. The molecule has 1 fully saturated rings. The third-order valence-electron chi connectivity index (χ3n) is 3.92. The average molecular weight is 283 g/mol. The van der Waals surface area contributed by atoms with Gasteiger partial charge in [-0.2, -0.15) is 0 Å². The van der Waals surface area contributed by atoms with Crippen LogP contribution in [0.2, 0.25) is 5.15 Å². The zero-order valence-corrected chi connectivity index (χ0v) is 13.0.